The molecule has 2 aliphatic rings. The van der Waals surface area contributed by atoms with Crippen molar-refractivity contribution >= 4 is 40.6 Å². The lowest BCUT2D eigenvalue weighted by Gasteiger charge is -2.21. The SMILES string of the molecule is CCOC(=O)c1ccc2c(c1)NC(=O)C2C(=Nc1ccc(N(C)C(=O)CN2CCCC2)cc1)c1ccccc1. The van der Waals surface area contributed by atoms with Crippen LogP contribution in [-0.4, -0.2) is 61.7 Å². The smallest absolute Gasteiger partial charge is 0.338 e. The minimum atomic E-state index is -0.650. The summed E-state index contributed by atoms with van der Waals surface area (Å²) in [5, 5.41) is 2.91. The van der Waals surface area contributed by atoms with Crippen molar-refractivity contribution in [1.82, 2.24) is 4.90 Å². The van der Waals surface area contributed by atoms with E-state index >= 15 is 0 Å². The second kappa shape index (κ2) is 11.6. The second-order valence-corrected chi connectivity index (χ2v) is 9.76. The van der Waals surface area contributed by atoms with Crippen LogP contribution >= 0.6 is 0 Å². The average Bonchev–Trinajstić information content (AvgIpc) is 3.58. The Morgan fingerprint density at radius 3 is 2.41 bits per heavy atom. The molecular weight excluding hydrogens is 492 g/mol. The topological polar surface area (TPSA) is 91.3 Å². The van der Waals surface area contributed by atoms with Crippen molar-refractivity contribution in [3.63, 3.8) is 0 Å². The number of likely N-dealkylation sites (N-methyl/N-ethyl adjacent to an activating group) is 1. The lowest BCUT2D eigenvalue weighted by atomic mass is 9.90. The first-order chi connectivity index (χ1) is 18.9. The molecule has 0 radical (unpaired) electrons. The number of hydrogen-bond acceptors (Lipinski definition) is 6. The molecule has 5 rings (SSSR count). The molecule has 2 amide bonds. The molecule has 0 saturated carbocycles. The van der Waals surface area contributed by atoms with Crippen molar-refractivity contribution < 1.29 is 19.1 Å². The Kier molecular flexibility index (Phi) is 7.84. The van der Waals surface area contributed by atoms with E-state index in [4.69, 9.17) is 9.73 Å². The van der Waals surface area contributed by atoms with Gasteiger partial charge in [-0.3, -0.25) is 19.5 Å². The van der Waals surface area contributed by atoms with Gasteiger partial charge in [0, 0.05) is 18.4 Å². The molecule has 2 heterocycles. The van der Waals surface area contributed by atoms with Crippen molar-refractivity contribution in [2.24, 2.45) is 4.99 Å². The van der Waals surface area contributed by atoms with E-state index in [1.807, 2.05) is 54.6 Å². The number of rotatable bonds is 8. The molecule has 1 N–H and O–H groups in total. The summed E-state index contributed by atoms with van der Waals surface area (Å²) in [6.07, 6.45) is 2.28. The third-order valence-electron chi connectivity index (χ3n) is 7.16. The van der Waals surface area contributed by atoms with Crippen LogP contribution in [0, 0.1) is 0 Å². The minimum absolute atomic E-state index is 0.0551. The monoisotopic (exact) mass is 524 g/mol. The zero-order chi connectivity index (χ0) is 27.4. The summed E-state index contributed by atoms with van der Waals surface area (Å²) in [6, 6.07) is 22.2. The summed E-state index contributed by atoms with van der Waals surface area (Å²) in [5.41, 5.74) is 4.59. The number of anilines is 2. The van der Waals surface area contributed by atoms with Crippen LogP contribution in [-0.2, 0) is 14.3 Å². The van der Waals surface area contributed by atoms with Crippen LogP contribution < -0.4 is 10.2 Å². The van der Waals surface area contributed by atoms with E-state index in [0.29, 0.717) is 29.2 Å². The minimum Gasteiger partial charge on any atom is -0.462 e. The number of fused-ring (bicyclic) bond motifs is 1. The largest absolute Gasteiger partial charge is 0.462 e. The van der Waals surface area contributed by atoms with E-state index in [0.717, 1.165) is 42.7 Å². The molecule has 1 fully saturated rings. The third kappa shape index (κ3) is 5.76. The predicted molar refractivity (Wildman–Crippen MR) is 152 cm³/mol. The number of amides is 2. The molecular formula is C31H32N4O4. The van der Waals surface area contributed by atoms with Crippen molar-refractivity contribution in [2.45, 2.75) is 25.7 Å². The van der Waals surface area contributed by atoms with Gasteiger partial charge in [-0.05, 0) is 80.4 Å². The van der Waals surface area contributed by atoms with Crippen LogP contribution in [0.15, 0.2) is 77.8 Å². The predicted octanol–water partition coefficient (Wildman–Crippen LogP) is 4.78. The number of ether oxygens (including phenoxy) is 1. The van der Waals surface area contributed by atoms with E-state index in [2.05, 4.69) is 10.2 Å². The molecule has 8 heteroatoms. The van der Waals surface area contributed by atoms with Gasteiger partial charge in [0.15, 0.2) is 0 Å². The van der Waals surface area contributed by atoms with Crippen LogP contribution in [0.1, 0.15) is 47.2 Å². The van der Waals surface area contributed by atoms with Crippen LogP contribution in [0.4, 0.5) is 17.1 Å². The fourth-order valence-electron chi connectivity index (χ4n) is 5.05. The highest BCUT2D eigenvalue weighted by Gasteiger charge is 2.36. The molecule has 1 atom stereocenters. The van der Waals surface area contributed by atoms with Crippen LogP contribution in [0.2, 0.25) is 0 Å². The average molecular weight is 525 g/mol. The Hall–Kier alpha value is -4.30. The van der Waals surface area contributed by atoms with Crippen molar-refractivity contribution in [2.75, 3.05) is 43.5 Å². The number of carbonyl (C=O) groups is 3. The number of carbonyl (C=O) groups excluding carboxylic acids is 3. The van der Waals surface area contributed by atoms with Gasteiger partial charge < -0.3 is 15.0 Å². The summed E-state index contributed by atoms with van der Waals surface area (Å²) in [7, 11) is 1.79. The molecule has 3 aromatic rings. The van der Waals surface area contributed by atoms with Gasteiger partial charge in [0.1, 0.15) is 5.92 Å². The summed E-state index contributed by atoms with van der Waals surface area (Å²) in [4.78, 5) is 47.0. The summed E-state index contributed by atoms with van der Waals surface area (Å²) in [5.74, 6) is -1.24. The van der Waals surface area contributed by atoms with E-state index < -0.39 is 11.9 Å². The van der Waals surface area contributed by atoms with Gasteiger partial charge >= 0.3 is 5.97 Å². The fourth-order valence-corrected chi connectivity index (χ4v) is 5.05. The van der Waals surface area contributed by atoms with E-state index in [9.17, 15) is 14.4 Å². The molecule has 1 unspecified atom stereocenters. The van der Waals surface area contributed by atoms with Crippen LogP contribution in [0.3, 0.4) is 0 Å². The normalized spacial score (nSPS) is 17.0. The lowest BCUT2D eigenvalue weighted by molar-refractivity contribution is -0.119. The molecule has 0 spiro atoms. The lowest BCUT2D eigenvalue weighted by Crippen LogP contribution is -2.37. The van der Waals surface area contributed by atoms with E-state index in [1.165, 1.54) is 0 Å². The molecule has 200 valence electrons. The van der Waals surface area contributed by atoms with Gasteiger partial charge in [-0.1, -0.05) is 36.4 Å². The zero-order valence-electron chi connectivity index (χ0n) is 22.2. The van der Waals surface area contributed by atoms with E-state index in [-0.39, 0.29) is 18.4 Å². The summed E-state index contributed by atoms with van der Waals surface area (Å²) < 4.78 is 5.11. The zero-order valence-corrected chi connectivity index (χ0v) is 22.2. The van der Waals surface area contributed by atoms with Crippen molar-refractivity contribution in [3.05, 3.63) is 89.5 Å². The Balaban J connectivity index is 1.44. The first-order valence-electron chi connectivity index (χ1n) is 13.3. The van der Waals surface area contributed by atoms with Gasteiger partial charge in [-0.25, -0.2) is 4.79 Å². The molecule has 0 aromatic heterocycles. The maximum Gasteiger partial charge on any atom is 0.338 e. The maximum absolute atomic E-state index is 13.2. The summed E-state index contributed by atoms with van der Waals surface area (Å²) in [6.45, 7) is 4.39. The number of likely N-dealkylation sites (tertiary alicyclic amines) is 1. The molecule has 39 heavy (non-hydrogen) atoms. The highest BCUT2D eigenvalue weighted by atomic mass is 16.5. The van der Waals surface area contributed by atoms with Crippen molar-refractivity contribution in [3.8, 4) is 0 Å². The quantitative estimate of drug-likeness (QED) is 0.338. The molecule has 3 aromatic carbocycles. The first kappa shape index (κ1) is 26.3. The third-order valence-corrected chi connectivity index (χ3v) is 7.16. The van der Waals surface area contributed by atoms with Gasteiger partial charge in [-0.2, -0.15) is 0 Å². The van der Waals surface area contributed by atoms with Gasteiger partial charge in [0.25, 0.3) is 0 Å². The van der Waals surface area contributed by atoms with Gasteiger partial charge in [0.05, 0.1) is 30.1 Å². The van der Waals surface area contributed by atoms with Crippen LogP contribution in [0.5, 0.6) is 0 Å². The molecule has 0 bridgehead atoms. The van der Waals surface area contributed by atoms with Gasteiger partial charge in [0.2, 0.25) is 11.8 Å². The Morgan fingerprint density at radius 1 is 1.00 bits per heavy atom. The maximum atomic E-state index is 13.2. The second-order valence-electron chi connectivity index (χ2n) is 9.76. The van der Waals surface area contributed by atoms with Gasteiger partial charge in [-0.15, -0.1) is 0 Å². The van der Waals surface area contributed by atoms with Crippen LogP contribution in [0.25, 0.3) is 0 Å². The first-order valence-corrected chi connectivity index (χ1v) is 13.3. The number of nitrogens with one attached hydrogen (secondary N) is 1. The standard InChI is InChI=1S/C31H32N4O4/c1-3-39-31(38)22-11-16-25-26(19-22)33-30(37)28(25)29(21-9-5-4-6-10-21)32-23-12-14-24(15-13-23)34(2)27(36)20-35-17-7-8-18-35/h4-6,9-16,19,28H,3,7-8,17-18,20H2,1-2H3,(H,33,37). The molecule has 1 saturated heterocycles. The van der Waals surface area contributed by atoms with Crippen molar-refractivity contribution in [1.29, 1.82) is 0 Å². The Morgan fingerprint density at radius 2 is 1.72 bits per heavy atom. The highest BCUT2D eigenvalue weighted by molar-refractivity contribution is 6.24. The highest BCUT2D eigenvalue weighted by Crippen LogP contribution is 2.37. The summed E-state index contributed by atoms with van der Waals surface area (Å²) >= 11 is 0. The number of nitrogens with zero attached hydrogens (tertiary/aromatic N) is 3. The number of hydrogen-bond donors (Lipinski definition) is 1. The fraction of sp³-hybridized carbons (Fsp3) is 0.290. The molecule has 2 aliphatic heterocycles. The molecule has 8 nitrogen and oxygen atoms in total. The van der Waals surface area contributed by atoms with E-state index in [1.54, 1.807) is 37.1 Å². The number of benzene rings is 3. The number of aliphatic imine (C=N–C) groups is 1. The Labute approximate surface area is 228 Å². The molecule has 0 aliphatic carbocycles. The Bertz CT molecular complexity index is 1400. The number of esters is 1.